The minimum Gasteiger partial charge on any atom is -0.493 e. The molecular weight excluding hydrogens is 296 g/mol. The van der Waals surface area contributed by atoms with Crippen LogP contribution in [-0.4, -0.2) is 34.7 Å². The number of aryl methyl sites for hydroxylation is 1. The van der Waals surface area contributed by atoms with Crippen LogP contribution >= 0.6 is 0 Å². The molecule has 1 aromatic carbocycles. The molecule has 0 aliphatic carbocycles. The van der Waals surface area contributed by atoms with Crippen LogP contribution in [0.5, 0.6) is 11.5 Å². The van der Waals surface area contributed by atoms with Crippen molar-refractivity contribution in [3.8, 4) is 11.5 Å². The summed E-state index contributed by atoms with van der Waals surface area (Å²) in [5.41, 5.74) is 1.74. The first-order chi connectivity index (χ1) is 11.1. The van der Waals surface area contributed by atoms with Crippen molar-refractivity contribution >= 4 is 17.2 Å². The Hall–Kier alpha value is -3.09. The molecule has 7 nitrogen and oxygen atoms in total. The molecule has 3 rings (SSSR count). The smallest absolute Gasteiger partial charge is 0.255 e. The van der Waals surface area contributed by atoms with Crippen molar-refractivity contribution in [3.63, 3.8) is 0 Å². The van der Waals surface area contributed by atoms with Gasteiger partial charge in [0.1, 0.15) is 5.82 Å². The van der Waals surface area contributed by atoms with Gasteiger partial charge in [-0.15, -0.1) is 10.2 Å². The van der Waals surface area contributed by atoms with Gasteiger partial charge < -0.3 is 14.8 Å². The molecule has 7 heteroatoms. The standard InChI is InChI=1S/C16H16N4O3/c1-10-18-19-15-8-11(6-7-20(10)15)16(21)17-12-4-5-13(22-2)14(9-12)23-3/h4-9H,1-3H3,(H,17,21). The van der Waals surface area contributed by atoms with Crippen LogP contribution in [0.25, 0.3) is 5.65 Å². The number of ether oxygens (including phenoxy) is 2. The summed E-state index contributed by atoms with van der Waals surface area (Å²) in [7, 11) is 3.11. The highest BCUT2D eigenvalue weighted by Crippen LogP contribution is 2.29. The third kappa shape index (κ3) is 2.80. The van der Waals surface area contributed by atoms with Gasteiger partial charge in [0.15, 0.2) is 17.1 Å². The van der Waals surface area contributed by atoms with Crippen molar-refractivity contribution in [3.05, 3.63) is 47.9 Å². The Balaban J connectivity index is 1.85. The van der Waals surface area contributed by atoms with E-state index in [1.165, 1.54) is 0 Å². The maximum atomic E-state index is 12.4. The number of rotatable bonds is 4. The van der Waals surface area contributed by atoms with Gasteiger partial charge in [-0.2, -0.15) is 0 Å². The maximum Gasteiger partial charge on any atom is 0.255 e. The van der Waals surface area contributed by atoms with Crippen molar-refractivity contribution in [1.82, 2.24) is 14.6 Å². The molecule has 1 amide bonds. The number of fused-ring (bicyclic) bond motifs is 1. The van der Waals surface area contributed by atoms with Gasteiger partial charge in [-0.05, 0) is 31.2 Å². The number of carbonyl (C=O) groups is 1. The summed E-state index contributed by atoms with van der Waals surface area (Å²) in [6, 6.07) is 8.60. The lowest BCUT2D eigenvalue weighted by Crippen LogP contribution is -2.12. The Labute approximate surface area is 132 Å². The van der Waals surface area contributed by atoms with Gasteiger partial charge in [-0.1, -0.05) is 0 Å². The molecule has 0 saturated carbocycles. The largest absolute Gasteiger partial charge is 0.493 e. The van der Waals surface area contributed by atoms with E-state index in [1.54, 1.807) is 50.7 Å². The molecule has 2 aromatic heterocycles. The number of benzene rings is 1. The summed E-state index contributed by atoms with van der Waals surface area (Å²) >= 11 is 0. The van der Waals surface area contributed by atoms with Gasteiger partial charge in [0.2, 0.25) is 0 Å². The van der Waals surface area contributed by atoms with Crippen LogP contribution in [0.2, 0.25) is 0 Å². The normalized spacial score (nSPS) is 10.6. The third-order valence-corrected chi connectivity index (χ3v) is 3.48. The Kier molecular flexibility index (Phi) is 3.84. The molecule has 0 fully saturated rings. The average Bonchev–Trinajstić information content (AvgIpc) is 2.95. The second-order valence-corrected chi connectivity index (χ2v) is 4.91. The predicted octanol–water partition coefficient (Wildman–Crippen LogP) is 2.31. The molecule has 3 aromatic rings. The van der Waals surface area contributed by atoms with Crippen LogP contribution in [-0.2, 0) is 0 Å². The average molecular weight is 312 g/mol. The zero-order valence-electron chi connectivity index (χ0n) is 13.0. The predicted molar refractivity (Wildman–Crippen MR) is 85.2 cm³/mol. The highest BCUT2D eigenvalue weighted by molar-refractivity contribution is 6.04. The summed E-state index contributed by atoms with van der Waals surface area (Å²) in [5.74, 6) is 1.69. The molecule has 0 aliphatic heterocycles. The fourth-order valence-electron chi connectivity index (χ4n) is 2.27. The van der Waals surface area contributed by atoms with E-state index in [-0.39, 0.29) is 5.91 Å². The number of aromatic nitrogens is 3. The van der Waals surface area contributed by atoms with Crippen molar-refractivity contribution in [2.45, 2.75) is 6.92 Å². The first-order valence-electron chi connectivity index (χ1n) is 6.97. The number of hydrogen-bond donors (Lipinski definition) is 1. The zero-order valence-corrected chi connectivity index (χ0v) is 13.0. The van der Waals surface area contributed by atoms with Crippen LogP contribution in [0.1, 0.15) is 16.2 Å². The molecule has 0 atom stereocenters. The number of methoxy groups -OCH3 is 2. The molecule has 118 valence electrons. The van der Waals surface area contributed by atoms with E-state index in [9.17, 15) is 4.79 Å². The lowest BCUT2D eigenvalue weighted by Gasteiger charge is -2.10. The quantitative estimate of drug-likeness (QED) is 0.800. The monoisotopic (exact) mass is 312 g/mol. The number of nitrogens with zero attached hydrogens (tertiary/aromatic N) is 3. The summed E-state index contributed by atoms with van der Waals surface area (Å²) in [6.07, 6.45) is 1.77. The molecule has 1 N–H and O–H groups in total. The van der Waals surface area contributed by atoms with Crippen molar-refractivity contribution in [1.29, 1.82) is 0 Å². The number of pyridine rings is 1. The lowest BCUT2D eigenvalue weighted by atomic mass is 10.2. The Morgan fingerprint density at radius 3 is 2.61 bits per heavy atom. The second kappa shape index (κ2) is 5.96. The summed E-state index contributed by atoms with van der Waals surface area (Å²) in [4.78, 5) is 12.4. The third-order valence-electron chi connectivity index (χ3n) is 3.48. The van der Waals surface area contributed by atoms with Crippen LogP contribution < -0.4 is 14.8 Å². The highest BCUT2D eigenvalue weighted by atomic mass is 16.5. The van der Waals surface area contributed by atoms with Gasteiger partial charge in [0, 0.05) is 23.5 Å². The van der Waals surface area contributed by atoms with E-state index in [0.29, 0.717) is 28.4 Å². The van der Waals surface area contributed by atoms with Gasteiger partial charge in [-0.3, -0.25) is 9.20 Å². The fraction of sp³-hybridized carbons (Fsp3) is 0.188. The van der Waals surface area contributed by atoms with Gasteiger partial charge in [-0.25, -0.2) is 0 Å². The van der Waals surface area contributed by atoms with E-state index >= 15 is 0 Å². The summed E-state index contributed by atoms with van der Waals surface area (Å²) in [5, 5.41) is 10.8. The summed E-state index contributed by atoms with van der Waals surface area (Å²) < 4.78 is 12.2. The van der Waals surface area contributed by atoms with Crippen molar-refractivity contribution in [2.75, 3.05) is 19.5 Å². The van der Waals surface area contributed by atoms with E-state index < -0.39 is 0 Å². The number of amides is 1. The summed E-state index contributed by atoms with van der Waals surface area (Å²) in [6.45, 7) is 1.85. The van der Waals surface area contributed by atoms with Crippen molar-refractivity contribution < 1.29 is 14.3 Å². The second-order valence-electron chi connectivity index (χ2n) is 4.91. The topological polar surface area (TPSA) is 77.8 Å². The van der Waals surface area contributed by atoms with Crippen molar-refractivity contribution in [2.24, 2.45) is 0 Å². The van der Waals surface area contributed by atoms with Crippen LogP contribution in [0.3, 0.4) is 0 Å². The fourth-order valence-corrected chi connectivity index (χ4v) is 2.27. The van der Waals surface area contributed by atoms with Crippen LogP contribution in [0.15, 0.2) is 36.5 Å². The van der Waals surface area contributed by atoms with E-state index in [1.807, 2.05) is 11.3 Å². The highest BCUT2D eigenvalue weighted by Gasteiger charge is 2.11. The zero-order chi connectivity index (χ0) is 16.4. The molecule has 0 bridgehead atoms. The van der Waals surface area contributed by atoms with E-state index in [2.05, 4.69) is 15.5 Å². The molecular formula is C16H16N4O3. The molecule has 23 heavy (non-hydrogen) atoms. The number of nitrogens with one attached hydrogen (secondary N) is 1. The minimum absolute atomic E-state index is 0.236. The molecule has 0 spiro atoms. The van der Waals surface area contributed by atoms with E-state index in [4.69, 9.17) is 9.47 Å². The Morgan fingerprint density at radius 2 is 1.87 bits per heavy atom. The van der Waals surface area contributed by atoms with Gasteiger partial charge in [0.05, 0.1) is 14.2 Å². The molecule has 0 radical (unpaired) electrons. The number of hydrogen-bond acceptors (Lipinski definition) is 5. The Bertz CT molecular complexity index is 873. The first kappa shape index (κ1) is 14.8. The number of carbonyl (C=O) groups excluding carboxylic acids is 1. The van der Waals surface area contributed by atoms with Crippen LogP contribution in [0, 0.1) is 6.92 Å². The Morgan fingerprint density at radius 1 is 1.09 bits per heavy atom. The number of anilines is 1. The first-order valence-corrected chi connectivity index (χ1v) is 6.97. The van der Waals surface area contributed by atoms with Crippen LogP contribution in [0.4, 0.5) is 5.69 Å². The molecule has 2 heterocycles. The maximum absolute atomic E-state index is 12.4. The lowest BCUT2D eigenvalue weighted by molar-refractivity contribution is 0.102. The SMILES string of the molecule is COc1ccc(NC(=O)c2ccn3c(C)nnc3c2)cc1OC. The molecule has 0 aliphatic rings. The molecule has 0 saturated heterocycles. The minimum atomic E-state index is -0.236. The van der Waals surface area contributed by atoms with Gasteiger partial charge in [0.25, 0.3) is 5.91 Å². The van der Waals surface area contributed by atoms with Gasteiger partial charge >= 0.3 is 0 Å². The van der Waals surface area contributed by atoms with E-state index in [0.717, 1.165) is 5.82 Å². The molecule has 0 unspecified atom stereocenters.